The molecule has 3 atom stereocenters. The van der Waals surface area contributed by atoms with Crippen LogP contribution in [-0.4, -0.2) is 19.6 Å². The molecule has 0 saturated heterocycles. The number of carbonyl (C=O) groups is 1. The summed E-state index contributed by atoms with van der Waals surface area (Å²) in [5, 5.41) is 0. The van der Waals surface area contributed by atoms with Crippen LogP contribution in [-0.2, 0) is 9.53 Å². The summed E-state index contributed by atoms with van der Waals surface area (Å²) in [6, 6.07) is 0. The van der Waals surface area contributed by atoms with Gasteiger partial charge in [-0.2, -0.15) is 0 Å². The lowest BCUT2D eigenvalue weighted by atomic mass is 9.63. The average molecular weight is 333 g/mol. The number of terminal acetylenes is 1. The highest BCUT2D eigenvalue weighted by atomic mass is 28.3. The molecule has 1 rings (SSSR count). The maximum atomic E-state index is 11.6. The Hall–Kier alpha value is -1.19. The Morgan fingerprint density at radius 2 is 1.96 bits per heavy atom. The SMILES string of the molecule is C#C[C@]1(OC(C)=O)CC[C@H](C(C)(C)C)C[C@@H]1CC#C[Si](C)(C)C. The number of esters is 1. The summed E-state index contributed by atoms with van der Waals surface area (Å²) in [6.07, 6.45) is 9.25. The molecule has 0 aromatic heterocycles. The van der Waals surface area contributed by atoms with Crippen LogP contribution in [0.15, 0.2) is 0 Å². The van der Waals surface area contributed by atoms with E-state index in [0.29, 0.717) is 12.3 Å². The zero-order valence-corrected chi connectivity index (χ0v) is 16.9. The predicted octanol–water partition coefficient (Wildman–Crippen LogP) is 4.65. The van der Waals surface area contributed by atoms with Crippen molar-refractivity contribution in [1.29, 1.82) is 0 Å². The van der Waals surface area contributed by atoms with E-state index in [1.807, 2.05) is 0 Å². The fraction of sp³-hybridized carbons (Fsp3) is 0.750. The van der Waals surface area contributed by atoms with Gasteiger partial charge in [-0.05, 0) is 30.6 Å². The van der Waals surface area contributed by atoms with Crippen LogP contribution < -0.4 is 0 Å². The standard InChI is InChI=1S/C20H32O2Si/c1-9-20(22-16(2)21)13-12-17(19(3,4)5)15-18(20)11-10-14-23(6,7)8/h1,17-18H,11-13,15H2,2-8H3/t17-,18-,20-/m0/s1. The maximum absolute atomic E-state index is 11.6. The number of hydrogen-bond donors (Lipinski definition) is 0. The van der Waals surface area contributed by atoms with Gasteiger partial charge in [-0.3, -0.25) is 4.79 Å². The average Bonchev–Trinajstić information content (AvgIpc) is 2.37. The Bertz CT molecular complexity index is 533. The first-order valence-corrected chi connectivity index (χ1v) is 12.1. The molecule has 0 aromatic carbocycles. The normalized spacial score (nSPS) is 28.3. The van der Waals surface area contributed by atoms with E-state index >= 15 is 0 Å². The maximum Gasteiger partial charge on any atom is 0.304 e. The fourth-order valence-corrected chi connectivity index (χ4v) is 3.96. The minimum atomic E-state index is -1.40. The summed E-state index contributed by atoms with van der Waals surface area (Å²) in [5.74, 6) is 6.59. The van der Waals surface area contributed by atoms with E-state index in [1.54, 1.807) is 0 Å². The first-order chi connectivity index (χ1) is 10.4. The summed E-state index contributed by atoms with van der Waals surface area (Å²) in [7, 11) is -1.40. The van der Waals surface area contributed by atoms with E-state index in [2.05, 4.69) is 57.8 Å². The van der Waals surface area contributed by atoms with Crippen LogP contribution >= 0.6 is 0 Å². The van der Waals surface area contributed by atoms with Crippen molar-refractivity contribution < 1.29 is 9.53 Å². The quantitative estimate of drug-likeness (QED) is 0.418. The van der Waals surface area contributed by atoms with Crippen molar-refractivity contribution in [2.75, 3.05) is 0 Å². The molecule has 1 fully saturated rings. The molecule has 0 unspecified atom stereocenters. The third kappa shape index (κ3) is 5.74. The lowest BCUT2D eigenvalue weighted by Gasteiger charge is -2.45. The summed E-state index contributed by atoms with van der Waals surface area (Å²) in [6.45, 7) is 15.0. The molecule has 0 heterocycles. The van der Waals surface area contributed by atoms with Gasteiger partial charge in [0.05, 0.1) is 0 Å². The van der Waals surface area contributed by atoms with Gasteiger partial charge < -0.3 is 4.74 Å². The molecule has 0 radical (unpaired) electrons. The second-order valence-corrected chi connectivity index (χ2v) is 13.7. The van der Waals surface area contributed by atoms with Crippen molar-refractivity contribution in [3.05, 3.63) is 0 Å². The molecule has 1 saturated carbocycles. The van der Waals surface area contributed by atoms with Gasteiger partial charge in [0.25, 0.3) is 0 Å². The lowest BCUT2D eigenvalue weighted by molar-refractivity contribution is -0.161. The molecule has 0 bridgehead atoms. The largest absolute Gasteiger partial charge is 0.446 e. The summed E-state index contributed by atoms with van der Waals surface area (Å²) in [5.41, 5.74) is 2.88. The van der Waals surface area contributed by atoms with Gasteiger partial charge in [0.1, 0.15) is 8.07 Å². The number of rotatable bonds is 2. The summed E-state index contributed by atoms with van der Waals surface area (Å²) >= 11 is 0. The number of carbonyl (C=O) groups excluding carboxylic acids is 1. The second kappa shape index (κ2) is 7.14. The highest BCUT2D eigenvalue weighted by Crippen LogP contribution is 2.47. The first kappa shape index (κ1) is 19.9. The van der Waals surface area contributed by atoms with Gasteiger partial charge in [0.15, 0.2) is 5.60 Å². The minimum absolute atomic E-state index is 0.123. The van der Waals surface area contributed by atoms with Gasteiger partial charge in [-0.25, -0.2) is 0 Å². The molecule has 2 nitrogen and oxygen atoms in total. The van der Waals surface area contributed by atoms with Crippen molar-refractivity contribution in [2.24, 2.45) is 17.3 Å². The van der Waals surface area contributed by atoms with Crippen molar-refractivity contribution in [3.8, 4) is 23.8 Å². The van der Waals surface area contributed by atoms with Crippen LogP contribution in [0.5, 0.6) is 0 Å². The van der Waals surface area contributed by atoms with Crippen molar-refractivity contribution >= 4 is 14.0 Å². The zero-order chi connectivity index (χ0) is 17.9. The van der Waals surface area contributed by atoms with Crippen molar-refractivity contribution in [2.45, 2.75) is 78.6 Å². The molecule has 23 heavy (non-hydrogen) atoms. The third-order valence-electron chi connectivity index (χ3n) is 4.70. The van der Waals surface area contributed by atoms with E-state index in [9.17, 15) is 4.79 Å². The predicted molar refractivity (Wildman–Crippen MR) is 99.4 cm³/mol. The van der Waals surface area contributed by atoms with Crippen LogP contribution in [0.4, 0.5) is 0 Å². The molecule has 1 aliphatic carbocycles. The van der Waals surface area contributed by atoms with Gasteiger partial charge in [0, 0.05) is 19.3 Å². The zero-order valence-electron chi connectivity index (χ0n) is 15.9. The number of ether oxygens (including phenoxy) is 1. The molecular formula is C20H32O2Si. The molecule has 1 aliphatic rings. The monoisotopic (exact) mass is 332 g/mol. The van der Waals surface area contributed by atoms with Crippen LogP contribution in [0.25, 0.3) is 0 Å². The Morgan fingerprint density at radius 1 is 1.35 bits per heavy atom. The van der Waals surface area contributed by atoms with Crippen LogP contribution in [0.3, 0.4) is 0 Å². The molecule has 0 aromatic rings. The molecule has 0 spiro atoms. The van der Waals surface area contributed by atoms with Gasteiger partial charge in [0.2, 0.25) is 0 Å². The van der Waals surface area contributed by atoms with E-state index in [0.717, 1.165) is 19.3 Å². The molecule has 0 aliphatic heterocycles. The fourth-order valence-electron chi connectivity index (χ4n) is 3.33. The smallest absolute Gasteiger partial charge is 0.304 e. The molecule has 0 N–H and O–H groups in total. The molecular weight excluding hydrogens is 300 g/mol. The number of hydrogen-bond acceptors (Lipinski definition) is 2. The molecule has 128 valence electrons. The first-order valence-electron chi connectivity index (χ1n) is 8.57. The second-order valence-electron chi connectivity index (χ2n) is 8.92. The van der Waals surface area contributed by atoms with E-state index in [-0.39, 0.29) is 17.3 Å². The molecule has 0 amide bonds. The van der Waals surface area contributed by atoms with Crippen molar-refractivity contribution in [1.82, 2.24) is 0 Å². The highest BCUT2D eigenvalue weighted by molar-refractivity contribution is 6.83. The Morgan fingerprint density at radius 3 is 2.39 bits per heavy atom. The summed E-state index contributed by atoms with van der Waals surface area (Å²) < 4.78 is 5.65. The lowest BCUT2D eigenvalue weighted by Crippen LogP contribution is -2.47. The summed E-state index contributed by atoms with van der Waals surface area (Å²) in [4.78, 5) is 11.6. The third-order valence-corrected chi connectivity index (χ3v) is 5.63. The van der Waals surface area contributed by atoms with Crippen LogP contribution in [0.2, 0.25) is 19.6 Å². The van der Waals surface area contributed by atoms with Gasteiger partial charge >= 0.3 is 5.97 Å². The Labute approximate surface area is 143 Å². The van der Waals surface area contributed by atoms with Gasteiger partial charge in [-0.1, -0.05) is 46.3 Å². The molecule has 3 heteroatoms. The highest BCUT2D eigenvalue weighted by Gasteiger charge is 2.47. The minimum Gasteiger partial charge on any atom is -0.446 e. The Balaban J connectivity index is 3.06. The van der Waals surface area contributed by atoms with Crippen molar-refractivity contribution in [3.63, 3.8) is 0 Å². The van der Waals surface area contributed by atoms with E-state index in [4.69, 9.17) is 11.2 Å². The van der Waals surface area contributed by atoms with Crippen LogP contribution in [0, 0.1) is 41.1 Å². The van der Waals surface area contributed by atoms with Gasteiger partial charge in [-0.15, -0.1) is 17.9 Å². The van der Waals surface area contributed by atoms with E-state index < -0.39 is 13.7 Å². The topological polar surface area (TPSA) is 26.3 Å². The van der Waals surface area contributed by atoms with E-state index in [1.165, 1.54) is 6.92 Å². The Kier molecular flexibility index (Phi) is 6.16. The van der Waals surface area contributed by atoms with Crippen LogP contribution in [0.1, 0.15) is 53.4 Å².